The maximum absolute atomic E-state index is 12.9. The number of para-hydroxylation sites is 1. The first-order valence-corrected chi connectivity index (χ1v) is 7.95. The van der Waals surface area contributed by atoms with Gasteiger partial charge >= 0.3 is 0 Å². The summed E-state index contributed by atoms with van der Waals surface area (Å²) in [5, 5.41) is 0.637. The summed E-state index contributed by atoms with van der Waals surface area (Å²) >= 11 is 0. The van der Waals surface area contributed by atoms with Gasteiger partial charge in [0.15, 0.2) is 5.43 Å². The van der Waals surface area contributed by atoms with E-state index in [9.17, 15) is 4.79 Å². The smallest absolute Gasteiger partial charge is 0.200 e. The third-order valence-corrected chi connectivity index (χ3v) is 4.98. The molecule has 1 aliphatic carbocycles. The minimum atomic E-state index is 0.0465. The van der Waals surface area contributed by atoms with Crippen LogP contribution < -0.4 is 5.43 Å². The average Bonchev–Trinajstić information content (AvgIpc) is 2.59. The number of hydrogen-bond donors (Lipinski definition) is 0. The molecule has 0 N–H and O–H groups in total. The lowest BCUT2D eigenvalue weighted by atomic mass is 9.73. The van der Waals surface area contributed by atoms with Crippen LogP contribution in [0.5, 0.6) is 0 Å². The van der Waals surface area contributed by atoms with Crippen LogP contribution in [-0.2, 0) is 6.42 Å². The van der Waals surface area contributed by atoms with Crippen molar-refractivity contribution in [2.45, 2.75) is 19.3 Å². The number of benzene rings is 2. The molecule has 0 radical (unpaired) electrons. The molecule has 2 heteroatoms. The second-order valence-corrected chi connectivity index (χ2v) is 6.26. The standard InChI is InChI=1S/C21H18O2/c1-13-14(2)20-19(12-17(13)15-8-4-3-5-9-15)23-18-11-7-6-10-16(18)21(20)22/h3-11,13,17H,2,12H2,1H3/t13-,17-/m0/s1. The molecule has 1 heterocycles. The van der Waals surface area contributed by atoms with Crippen molar-refractivity contribution in [1.29, 1.82) is 0 Å². The van der Waals surface area contributed by atoms with Crippen LogP contribution in [-0.4, -0.2) is 0 Å². The van der Waals surface area contributed by atoms with E-state index in [1.807, 2.05) is 30.3 Å². The van der Waals surface area contributed by atoms with Crippen LogP contribution in [0.4, 0.5) is 0 Å². The van der Waals surface area contributed by atoms with Gasteiger partial charge in [0, 0.05) is 6.42 Å². The van der Waals surface area contributed by atoms with Crippen molar-refractivity contribution in [3.05, 3.63) is 88.3 Å². The minimum Gasteiger partial charge on any atom is -0.460 e. The second kappa shape index (κ2) is 5.24. The Morgan fingerprint density at radius 2 is 1.74 bits per heavy atom. The SMILES string of the molecule is C=C1c2c(oc3ccccc3c2=O)C[C@H](c2ccccc2)[C@H]1C. The van der Waals surface area contributed by atoms with Crippen LogP contribution in [0, 0.1) is 5.92 Å². The fourth-order valence-corrected chi connectivity index (χ4v) is 3.61. The van der Waals surface area contributed by atoms with E-state index in [0.29, 0.717) is 22.5 Å². The van der Waals surface area contributed by atoms with Gasteiger partial charge in [0.2, 0.25) is 0 Å². The first kappa shape index (κ1) is 14.0. The number of hydrogen-bond acceptors (Lipinski definition) is 2. The number of allylic oxidation sites excluding steroid dienone is 1. The topological polar surface area (TPSA) is 30.2 Å². The summed E-state index contributed by atoms with van der Waals surface area (Å²) in [6.45, 7) is 6.37. The van der Waals surface area contributed by atoms with Gasteiger partial charge < -0.3 is 4.42 Å². The van der Waals surface area contributed by atoms with E-state index in [4.69, 9.17) is 4.42 Å². The molecule has 0 amide bonds. The predicted molar refractivity (Wildman–Crippen MR) is 93.6 cm³/mol. The van der Waals surface area contributed by atoms with Gasteiger partial charge in [-0.1, -0.05) is 56.0 Å². The van der Waals surface area contributed by atoms with E-state index in [-0.39, 0.29) is 11.3 Å². The second-order valence-electron chi connectivity index (χ2n) is 6.26. The van der Waals surface area contributed by atoms with Gasteiger partial charge in [0.25, 0.3) is 0 Å². The summed E-state index contributed by atoms with van der Waals surface area (Å²) in [6, 6.07) is 17.8. The van der Waals surface area contributed by atoms with E-state index >= 15 is 0 Å². The number of fused-ring (bicyclic) bond motifs is 2. The molecule has 0 fully saturated rings. The molecule has 0 unspecified atom stereocenters. The van der Waals surface area contributed by atoms with Crippen molar-refractivity contribution in [2.75, 3.05) is 0 Å². The van der Waals surface area contributed by atoms with E-state index in [1.54, 1.807) is 0 Å². The Kier molecular flexibility index (Phi) is 3.19. The van der Waals surface area contributed by atoms with Crippen molar-refractivity contribution in [3.8, 4) is 0 Å². The monoisotopic (exact) mass is 302 g/mol. The van der Waals surface area contributed by atoms with Crippen LogP contribution in [0.2, 0.25) is 0 Å². The van der Waals surface area contributed by atoms with E-state index in [2.05, 4.69) is 37.8 Å². The highest BCUT2D eigenvalue weighted by molar-refractivity contribution is 5.82. The fourth-order valence-electron chi connectivity index (χ4n) is 3.61. The Hall–Kier alpha value is -2.61. The summed E-state index contributed by atoms with van der Waals surface area (Å²) in [5.74, 6) is 1.28. The summed E-state index contributed by atoms with van der Waals surface area (Å²) in [6.07, 6.45) is 0.736. The van der Waals surface area contributed by atoms with Crippen LogP contribution >= 0.6 is 0 Å². The molecule has 4 rings (SSSR count). The lowest BCUT2D eigenvalue weighted by Crippen LogP contribution is -2.25. The quantitative estimate of drug-likeness (QED) is 0.647. The molecule has 1 aliphatic rings. The Labute approximate surface area is 135 Å². The molecule has 2 atom stereocenters. The molecule has 114 valence electrons. The van der Waals surface area contributed by atoms with Crippen molar-refractivity contribution in [1.82, 2.24) is 0 Å². The molecule has 0 saturated carbocycles. The first-order chi connectivity index (χ1) is 11.2. The van der Waals surface area contributed by atoms with E-state index in [1.165, 1.54) is 5.56 Å². The van der Waals surface area contributed by atoms with Crippen LogP contribution in [0.15, 0.2) is 70.4 Å². The lowest BCUT2D eigenvalue weighted by Gasteiger charge is -2.31. The van der Waals surface area contributed by atoms with Crippen molar-refractivity contribution < 1.29 is 4.42 Å². The average molecular weight is 302 g/mol. The van der Waals surface area contributed by atoms with Crippen molar-refractivity contribution >= 4 is 16.5 Å². The zero-order valence-electron chi connectivity index (χ0n) is 13.1. The maximum atomic E-state index is 12.9. The zero-order chi connectivity index (χ0) is 16.0. The fraction of sp³-hybridized carbons (Fsp3) is 0.190. The van der Waals surface area contributed by atoms with Crippen LogP contribution in [0.25, 0.3) is 16.5 Å². The van der Waals surface area contributed by atoms with Gasteiger partial charge in [0.1, 0.15) is 11.3 Å². The van der Waals surface area contributed by atoms with Crippen molar-refractivity contribution in [2.24, 2.45) is 5.92 Å². The van der Waals surface area contributed by atoms with Gasteiger partial charge in [-0.25, -0.2) is 0 Å². The third kappa shape index (κ3) is 2.14. The maximum Gasteiger partial charge on any atom is 0.200 e. The van der Waals surface area contributed by atoms with Gasteiger partial charge in [-0.05, 0) is 35.1 Å². The molecular weight excluding hydrogens is 284 g/mol. The summed E-state index contributed by atoms with van der Waals surface area (Å²) in [7, 11) is 0. The highest BCUT2D eigenvalue weighted by Gasteiger charge is 2.33. The summed E-state index contributed by atoms with van der Waals surface area (Å²) < 4.78 is 6.07. The van der Waals surface area contributed by atoms with Crippen LogP contribution in [0.1, 0.15) is 29.7 Å². The molecule has 2 nitrogen and oxygen atoms in total. The van der Waals surface area contributed by atoms with Gasteiger partial charge in [-0.2, -0.15) is 0 Å². The number of rotatable bonds is 1. The highest BCUT2D eigenvalue weighted by Crippen LogP contribution is 2.42. The van der Waals surface area contributed by atoms with E-state index < -0.39 is 0 Å². The molecule has 0 aliphatic heterocycles. The van der Waals surface area contributed by atoms with Gasteiger partial charge in [-0.3, -0.25) is 4.79 Å². The van der Waals surface area contributed by atoms with Crippen molar-refractivity contribution in [3.63, 3.8) is 0 Å². The minimum absolute atomic E-state index is 0.0465. The van der Waals surface area contributed by atoms with E-state index in [0.717, 1.165) is 17.8 Å². The predicted octanol–water partition coefficient (Wildman–Crippen LogP) is 4.78. The largest absolute Gasteiger partial charge is 0.460 e. The lowest BCUT2D eigenvalue weighted by molar-refractivity contribution is 0.448. The Balaban J connectivity index is 1.92. The summed E-state index contributed by atoms with van der Waals surface area (Å²) in [5.41, 5.74) is 3.54. The Morgan fingerprint density at radius 3 is 2.52 bits per heavy atom. The van der Waals surface area contributed by atoms with Gasteiger partial charge in [0.05, 0.1) is 10.9 Å². The highest BCUT2D eigenvalue weighted by atomic mass is 16.3. The molecule has 0 bridgehead atoms. The molecular formula is C21H18O2. The van der Waals surface area contributed by atoms with Gasteiger partial charge in [-0.15, -0.1) is 0 Å². The molecule has 2 aromatic carbocycles. The molecule has 0 saturated heterocycles. The summed E-state index contributed by atoms with van der Waals surface area (Å²) in [4.78, 5) is 12.9. The molecule has 1 aromatic heterocycles. The third-order valence-electron chi connectivity index (χ3n) is 4.98. The Morgan fingerprint density at radius 1 is 1.04 bits per heavy atom. The molecule has 23 heavy (non-hydrogen) atoms. The first-order valence-electron chi connectivity index (χ1n) is 7.95. The molecule has 3 aromatic rings. The Bertz CT molecular complexity index is 950. The van der Waals surface area contributed by atoms with Crippen LogP contribution in [0.3, 0.4) is 0 Å². The zero-order valence-corrected chi connectivity index (χ0v) is 13.1. The normalized spacial score (nSPS) is 20.5. The molecule has 0 spiro atoms.